The normalized spacial score (nSPS) is 10.6. The second-order valence-corrected chi connectivity index (χ2v) is 8.68. The molecular weight excluding hydrogens is 460 g/mol. The van der Waals surface area contributed by atoms with Gasteiger partial charge in [-0.25, -0.2) is 0 Å². The lowest BCUT2D eigenvalue weighted by atomic mass is 10.1. The maximum absolute atomic E-state index is 12.7. The van der Waals surface area contributed by atoms with Gasteiger partial charge in [-0.15, -0.1) is 11.3 Å². The lowest BCUT2D eigenvalue weighted by molar-refractivity contribution is -0.123. The summed E-state index contributed by atoms with van der Waals surface area (Å²) in [5.41, 5.74) is 1.32. The van der Waals surface area contributed by atoms with Crippen LogP contribution in [0.15, 0.2) is 66.0 Å². The van der Waals surface area contributed by atoms with E-state index in [1.807, 2.05) is 24.4 Å². The molecule has 0 atom stereocenters. The third-order valence-electron chi connectivity index (χ3n) is 4.77. The molecular formula is C24H25ClN4O3S. The van der Waals surface area contributed by atoms with Crippen molar-refractivity contribution in [2.45, 2.75) is 13.5 Å². The van der Waals surface area contributed by atoms with Crippen LogP contribution in [0.25, 0.3) is 0 Å². The molecule has 2 aromatic carbocycles. The average molecular weight is 485 g/mol. The number of likely N-dealkylation sites (N-methyl/N-ethyl adjacent to an activating group) is 1. The minimum Gasteiger partial charge on any atom is -0.350 e. The Morgan fingerprint density at radius 1 is 0.909 bits per heavy atom. The van der Waals surface area contributed by atoms with E-state index in [0.29, 0.717) is 35.1 Å². The molecule has 1 heterocycles. The summed E-state index contributed by atoms with van der Waals surface area (Å²) in [5, 5.41) is 11.0. The number of thiophene rings is 1. The zero-order valence-electron chi connectivity index (χ0n) is 18.1. The highest BCUT2D eigenvalue weighted by Crippen LogP contribution is 2.19. The maximum atomic E-state index is 12.7. The largest absolute Gasteiger partial charge is 0.350 e. The standard InChI is InChI=1S/C24H25ClN4O3S/c1-2-29(15-22(30)26-14-19-6-5-13-33-19)16-23(31)28-21-8-4-3-7-20(21)24(32)27-18-11-9-17(25)10-12-18/h3-13H,2,14-16H2,1H3,(H,26,30)(H,27,32)(H,28,31). The molecule has 0 bridgehead atoms. The Kier molecular flexibility index (Phi) is 9.00. The van der Waals surface area contributed by atoms with E-state index in [-0.39, 0.29) is 30.8 Å². The van der Waals surface area contributed by atoms with E-state index in [4.69, 9.17) is 11.6 Å². The van der Waals surface area contributed by atoms with Crippen molar-refractivity contribution >= 4 is 52.0 Å². The maximum Gasteiger partial charge on any atom is 0.257 e. The van der Waals surface area contributed by atoms with Crippen LogP contribution in [0, 0.1) is 0 Å². The molecule has 0 saturated heterocycles. The van der Waals surface area contributed by atoms with Crippen molar-refractivity contribution in [1.29, 1.82) is 0 Å². The highest BCUT2D eigenvalue weighted by atomic mass is 35.5. The number of carbonyl (C=O) groups excluding carboxylic acids is 3. The van der Waals surface area contributed by atoms with Crippen molar-refractivity contribution in [2.75, 3.05) is 30.3 Å². The number of para-hydroxylation sites is 1. The Balaban J connectivity index is 1.56. The molecule has 0 unspecified atom stereocenters. The molecule has 0 aliphatic carbocycles. The molecule has 1 aromatic heterocycles. The summed E-state index contributed by atoms with van der Waals surface area (Å²) in [7, 11) is 0. The van der Waals surface area contributed by atoms with Gasteiger partial charge in [0.25, 0.3) is 5.91 Å². The third-order valence-corrected chi connectivity index (χ3v) is 5.90. The summed E-state index contributed by atoms with van der Waals surface area (Å²) in [6, 6.07) is 17.4. The monoisotopic (exact) mass is 484 g/mol. The zero-order valence-corrected chi connectivity index (χ0v) is 19.7. The number of nitrogens with zero attached hydrogens (tertiary/aromatic N) is 1. The molecule has 3 rings (SSSR count). The van der Waals surface area contributed by atoms with E-state index in [9.17, 15) is 14.4 Å². The number of anilines is 2. The molecule has 172 valence electrons. The minimum atomic E-state index is -0.353. The first-order valence-corrected chi connectivity index (χ1v) is 11.7. The van der Waals surface area contributed by atoms with Crippen molar-refractivity contribution in [3.8, 4) is 0 Å². The smallest absolute Gasteiger partial charge is 0.257 e. The first-order chi connectivity index (χ1) is 15.9. The predicted octanol–water partition coefficient (Wildman–Crippen LogP) is 4.23. The topological polar surface area (TPSA) is 90.5 Å². The molecule has 0 fully saturated rings. The molecule has 0 spiro atoms. The van der Waals surface area contributed by atoms with Gasteiger partial charge in [-0.3, -0.25) is 19.3 Å². The molecule has 3 N–H and O–H groups in total. The van der Waals surface area contributed by atoms with Crippen LogP contribution in [0.2, 0.25) is 5.02 Å². The number of rotatable bonds is 10. The van der Waals surface area contributed by atoms with Gasteiger partial charge in [-0.2, -0.15) is 0 Å². The number of hydrogen-bond acceptors (Lipinski definition) is 5. The highest BCUT2D eigenvalue weighted by molar-refractivity contribution is 7.09. The molecule has 9 heteroatoms. The fourth-order valence-electron chi connectivity index (χ4n) is 3.05. The molecule has 0 radical (unpaired) electrons. The molecule has 33 heavy (non-hydrogen) atoms. The van der Waals surface area contributed by atoms with Crippen LogP contribution in [-0.2, 0) is 16.1 Å². The Hall–Kier alpha value is -3.20. The SMILES string of the molecule is CCN(CC(=O)NCc1cccs1)CC(=O)Nc1ccccc1C(=O)Nc1ccc(Cl)cc1. The quantitative estimate of drug-likeness (QED) is 0.401. The van der Waals surface area contributed by atoms with Crippen LogP contribution in [0.5, 0.6) is 0 Å². The number of amides is 3. The lowest BCUT2D eigenvalue weighted by Crippen LogP contribution is -2.40. The van der Waals surface area contributed by atoms with Gasteiger partial charge in [0.1, 0.15) is 0 Å². The number of benzene rings is 2. The van der Waals surface area contributed by atoms with E-state index in [1.54, 1.807) is 64.8 Å². The van der Waals surface area contributed by atoms with Crippen molar-refractivity contribution in [3.63, 3.8) is 0 Å². The fourth-order valence-corrected chi connectivity index (χ4v) is 3.82. The lowest BCUT2D eigenvalue weighted by Gasteiger charge is -2.20. The Bertz CT molecular complexity index is 1090. The van der Waals surface area contributed by atoms with Crippen LogP contribution in [0.1, 0.15) is 22.2 Å². The van der Waals surface area contributed by atoms with E-state index in [1.165, 1.54) is 0 Å². The van der Waals surface area contributed by atoms with Gasteiger partial charge >= 0.3 is 0 Å². The molecule has 0 aliphatic rings. The predicted molar refractivity (Wildman–Crippen MR) is 133 cm³/mol. The Morgan fingerprint density at radius 2 is 1.64 bits per heavy atom. The highest BCUT2D eigenvalue weighted by Gasteiger charge is 2.17. The van der Waals surface area contributed by atoms with E-state index in [0.717, 1.165) is 4.88 Å². The van der Waals surface area contributed by atoms with Gasteiger partial charge in [0.2, 0.25) is 11.8 Å². The third kappa shape index (κ3) is 7.71. The Labute approximate surface area is 201 Å². The van der Waals surface area contributed by atoms with Crippen LogP contribution in [0.4, 0.5) is 11.4 Å². The van der Waals surface area contributed by atoms with Gasteiger partial charge in [0, 0.05) is 15.6 Å². The molecule has 3 amide bonds. The van der Waals surface area contributed by atoms with Crippen molar-refractivity contribution in [2.24, 2.45) is 0 Å². The van der Waals surface area contributed by atoms with Gasteiger partial charge in [-0.1, -0.05) is 36.7 Å². The zero-order chi connectivity index (χ0) is 23.6. The van der Waals surface area contributed by atoms with Gasteiger partial charge in [0.15, 0.2) is 0 Å². The first kappa shape index (κ1) is 24.4. The first-order valence-electron chi connectivity index (χ1n) is 10.4. The summed E-state index contributed by atoms with van der Waals surface area (Å²) in [6.45, 7) is 3.01. The van der Waals surface area contributed by atoms with Crippen molar-refractivity contribution < 1.29 is 14.4 Å². The summed E-state index contributed by atoms with van der Waals surface area (Å²) in [5.74, 6) is -0.816. The number of halogens is 1. The second-order valence-electron chi connectivity index (χ2n) is 7.21. The molecule has 3 aromatic rings. The second kappa shape index (κ2) is 12.2. The average Bonchev–Trinajstić information content (AvgIpc) is 3.33. The molecule has 7 nitrogen and oxygen atoms in total. The van der Waals surface area contributed by atoms with E-state index >= 15 is 0 Å². The van der Waals surface area contributed by atoms with E-state index < -0.39 is 0 Å². The van der Waals surface area contributed by atoms with Crippen LogP contribution in [0.3, 0.4) is 0 Å². The number of hydrogen-bond donors (Lipinski definition) is 3. The van der Waals surface area contributed by atoms with Crippen LogP contribution in [-0.4, -0.2) is 42.3 Å². The summed E-state index contributed by atoms with van der Waals surface area (Å²) in [6.07, 6.45) is 0. The van der Waals surface area contributed by atoms with Crippen molar-refractivity contribution in [3.05, 3.63) is 81.5 Å². The fraction of sp³-hybridized carbons (Fsp3) is 0.208. The summed E-state index contributed by atoms with van der Waals surface area (Å²) in [4.78, 5) is 40.4. The van der Waals surface area contributed by atoms with Gasteiger partial charge in [-0.05, 0) is 54.4 Å². The summed E-state index contributed by atoms with van der Waals surface area (Å²) >= 11 is 7.46. The minimum absolute atomic E-state index is 0.0239. The summed E-state index contributed by atoms with van der Waals surface area (Å²) < 4.78 is 0. The van der Waals surface area contributed by atoms with Gasteiger partial charge in [0.05, 0.1) is 30.9 Å². The van der Waals surface area contributed by atoms with Gasteiger partial charge < -0.3 is 16.0 Å². The van der Waals surface area contributed by atoms with Crippen LogP contribution < -0.4 is 16.0 Å². The molecule has 0 aliphatic heterocycles. The van der Waals surface area contributed by atoms with Crippen LogP contribution >= 0.6 is 22.9 Å². The Morgan fingerprint density at radius 3 is 2.33 bits per heavy atom. The molecule has 0 saturated carbocycles. The number of nitrogens with one attached hydrogen (secondary N) is 3. The van der Waals surface area contributed by atoms with Crippen molar-refractivity contribution in [1.82, 2.24) is 10.2 Å². The number of carbonyl (C=O) groups is 3. The van der Waals surface area contributed by atoms with E-state index in [2.05, 4.69) is 16.0 Å².